The molecule has 0 aliphatic heterocycles. The van der Waals surface area contributed by atoms with E-state index >= 15 is 0 Å². The van der Waals surface area contributed by atoms with Crippen LogP contribution < -0.4 is 15.5 Å². The van der Waals surface area contributed by atoms with Crippen molar-refractivity contribution in [2.45, 2.75) is 19.9 Å². The second-order valence-electron chi connectivity index (χ2n) is 6.85. The lowest BCUT2D eigenvalue weighted by molar-refractivity contribution is -0.142. The van der Waals surface area contributed by atoms with Crippen molar-refractivity contribution < 1.29 is 23.9 Å². The van der Waals surface area contributed by atoms with E-state index < -0.39 is 17.9 Å². The molecule has 0 fully saturated rings. The van der Waals surface area contributed by atoms with E-state index in [1.165, 1.54) is 13.3 Å². The van der Waals surface area contributed by atoms with Crippen LogP contribution in [-0.4, -0.2) is 43.8 Å². The Morgan fingerprint density at radius 2 is 1.84 bits per heavy atom. The minimum absolute atomic E-state index is 0.136. The molecule has 0 radical (unpaired) electrons. The summed E-state index contributed by atoms with van der Waals surface area (Å²) in [5.74, 6) is -0.907. The summed E-state index contributed by atoms with van der Waals surface area (Å²) in [6.07, 6.45) is 1.46. The molecule has 2 rings (SSSR count). The minimum Gasteiger partial charge on any atom is -0.481 e. The van der Waals surface area contributed by atoms with E-state index in [1.54, 1.807) is 42.5 Å². The molecule has 0 aromatic heterocycles. The van der Waals surface area contributed by atoms with E-state index in [1.807, 2.05) is 19.9 Å². The highest BCUT2D eigenvalue weighted by atomic mass is 79.9. The molecule has 9 heteroatoms. The molecular formula is C22H24BrN3O5. The van der Waals surface area contributed by atoms with Gasteiger partial charge in [-0.1, -0.05) is 32.0 Å². The van der Waals surface area contributed by atoms with E-state index in [0.29, 0.717) is 21.3 Å². The van der Waals surface area contributed by atoms with Crippen molar-refractivity contribution in [3.8, 4) is 5.75 Å². The Balaban J connectivity index is 1.96. The molecule has 0 saturated carbocycles. The first-order valence-electron chi connectivity index (χ1n) is 9.49. The minimum atomic E-state index is -0.745. The van der Waals surface area contributed by atoms with Crippen LogP contribution in [0.2, 0.25) is 0 Å². The number of ether oxygens (including phenoxy) is 2. The lowest BCUT2D eigenvalue weighted by Crippen LogP contribution is -2.48. The average molecular weight is 490 g/mol. The SMILES string of the molecule is COC(=O)COc1ccc(C=NNC(=O)C(NC(=O)c2ccccc2)C(C)C)cc1Br. The van der Waals surface area contributed by atoms with Crippen LogP contribution in [0.3, 0.4) is 0 Å². The summed E-state index contributed by atoms with van der Waals surface area (Å²) in [5.41, 5.74) is 3.62. The van der Waals surface area contributed by atoms with Crippen molar-refractivity contribution in [3.63, 3.8) is 0 Å². The van der Waals surface area contributed by atoms with Gasteiger partial charge >= 0.3 is 5.97 Å². The molecule has 1 unspecified atom stereocenters. The molecule has 0 bridgehead atoms. The largest absolute Gasteiger partial charge is 0.481 e. The predicted octanol–water partition coefficient (Wildman–Crippen LogP) is 2.91. The quantitative estimate of drug-likeness (QED) is 0.320. The number of hydrogen-bond donors (Lipinski definition) is 2. The second kappa shape index (κ2) is 11.8. The highest BCUT2D eigenvalue weighted by Crippen LogP contribution is 2.25. The van der Waals surface area contributed by atoms with E-state index in [0.717, 1.165) is 0 Å². The number of benzene rings is 2. The van der Waals surface area contributed by atoms with Crippen LogP contribution in [0.15, 0.2) is 58.1 Å². The van der Waals surface area contributed by atoms with Crippen LogP contribution in [-0.2, 0) is 14.3 Å². The molecule has 164 valence electrons. The second-order valence-corrected chi connectivity index (χ2v) is 7.70. The number of esters is 1. The number of hydrazone groups is 1. The third-order valence-corrected chi connectivity index (χ3v) is 4.81. The third-order valence-electron chi connectivity index (χ3n) is 4.19. The number of hydrogen-bond acceptors (Lipinski definition) is 6. The first-order chi connectivity index (χ1) is 14.8. The Hall–Kier alpha value is -3.20. The maximum atomic E-state index is 12.5. The maximum Gasteiger partial charge on any atom is 0.343 e. The van der Waals surface area contributed by atoms with Crippen molar-refractivity contribution in [1.82, 2.24) is 10.7 Å². The van der Waals surface area contributed by atoms with E-state index in [2.05, 4.69) is 36.5 Å². The van der Waals surface area contributed by atoms with Gasteiger partial charge in [-0.05, 0) is 57.7 Å². The zero-order chi connectivity index (χ0) is 22.8. The van der Waals surface area contributed by atoms with Crippen LogP contribution in [0.4, 0.5) is 0 Å². The van der Waals surface area contributed by atoms with Gasteiger partial charge in [-0.3, -0.25) is 9.59 Å². The van der Waals surface area contributed by atoms with Gasteiger partial charge in [0.15, 0.2) is 6.61 Å². The predicted molar refractivity (Wildman–Crippen MR) is 120 cm³/mol. The summed E-state index contributed by atoms with van der Waals surface area (Å²) < 4.78 is 10.5. The van der Waals surface area contributed by atoms with E-state index in [9.17, 15) is 14.4 Å². The number of amides is 2. The van der Waals surface area contributed by atoms with Crippen LogP contribution >= 0.6 is 15.9 Å². The number of halogens is 1. The standard InChI is InChI=1S/C22H24BrN3O5/c1-14(2)20(25-21(28)16-7-5-4-6-8-16)22(29)26-24-12-15-9-10-18(17(23)11-15)31-13-19(27)30-3/h4-12,14,20H,13H2,1-3H3,(H,25,28)(H,26,29). The smallest absolute Gasteiger partial charge is 0.343 e. The van der Waals surface area contributed by atoms with E-state index in [-0.39, 0.29) is 18.4 Å². The molecule has 0 spiro atoms. The van der Waals surface area contributed by atoms with Crippen LogP contribution in [0.5, 0.6) is 5.75 Å². The number of rotatable bonds is 9. The molecule has 1 atom stereocenters. The fourth-order valence-corrected chi connectivity index (χ4v) is 3.01. The van der Waals surface area contributed by atoms with Gasteiger partial charge in [-0.2, -0.15) is 5.10 Å². The van der Waals surface area contributed by atoms with Gasteiger partial charge in [0.05, 0.1) is 17.8 Å². The first-order valence-corrected chi connectivity index (χ1v) is 10.3. The Morgan fingerprint density at radius 3 is 2.45 bits per heavy atom. The molecule has 8 nitrogen and oxygen atoms in total. The molecule has 2 amide bonds. The van der Waals surface area contributed by atoms with Crippen molar-refractivity contribution in [3.05, 3.63) is 64.1 Å². The van der Waals surface area contributed by atoms with Gasteiger partial charge in [0, 0.05) is 5.56 Å². The summed E-state index contributed by atoms with van der Waals surface area (Å²) in [7, 11) is 1.28. The number of carbonyl (C=O) groups excluding carboxylic acids is 3. The summed E-state index contributed by atoms with van der Waals surface area (Å²) in [6.45, 7) is 3.47. The van der Waals surface area contributed by atoms with Gasteiger partial charge in [0.1, 0.15) is 11.8 Å². The Kier molecular flexibility index (Phi) is 9.20. The highest BCUT2D eigenvalue weighted by Gasteiger charge is 2.24. The normalized spacial score (nSPS) is 11.8. The van der Waals surface area contributed by atoms with Gasteiger partial charge in [-0.25, -0.2) is 10.2 Å². The average Bonchev–Trinajstić information content (AvgIpc) is 2.76. The molecule has 0 heterocycles. The van der Waals surface area contributed by atoms with Gasteiger partial charge in [0.25, 0.3) is 11.8 Å². The van der Waals surface area contributed by atoms with Crippen LogP contribution in [0.25, 0.3) is 0 Å². The van der Waals surface area contributed by atoms with Crippen LogP contribution in [0, 0.1) is 5.92 Å². The number of methoxy groups -OCH3 is 1. The summed E-state index contributed by atoms with van der Waals surface area (Å²) >= 11 is 3.36. The van der Waals surface area contributed by atoms with Crippen molar-refractivity contribution in [2.75, 3.05) is 13.7 Å². The zero-order valence-corrected chi connectivity index (χ0v) is 19.0. The molecule has 2 aromatic rings. The number of nitrogens with one attached hydrogen (secondary N) is 2. The Morgan fingerprint density at radius 1 is 1.13 bits per heavy atom. The fraction of sp³-hybridized carbons (Fsp3) is 0.273. The van der Waals surface area contributed by atoms with Gasteiger partial charge in [0.2, 0.25) is 0 Å². The molecule has 2 N–H and O–H groups in total. The summed E-state index contributed by atoms with van der Waals surface area (Å²) in [4.78, 5) is 36.1. The topological polar surface area (TPSA) is 106 Å². The number of carbonyl (C=O) groups is 3. The monoisotopic (exact) mass is 489 g/mol. The van der Waals surface area contributed by atoms with Crippen molar-refractivity contribution in [1.29, 1.82) is 0 Å². The molecule has 2 aromatic carbocycles. The molecule has 0 aliphatic carbocycles. The van der Waals surface area contributed by atoms with Crippen molar-refractivity contribution >= 4 is 39.9 Å². The van der Waals surface area contributed by atoms with Crippen molar-refractivity contribution in [2.24, 2.45) is 11.0 Å². The number of nitrogens with zero attached hydrogens (tertiary/aromatic N) is 1. The van der Waals surface area contributed by atoms with Gasteiger partial charge < -0.3 is 14.8 Å². The highest BCUT2D eigenvalue weighted by molar-refractivity contribution is 9.10. The fourth-order valence-electron chi connectivity index (χ4n) is 2.50. The third kappa shape index (κ3) is 7.53. The first kappa shape index (κ1) is 24.1. The molecule has 0 aliphatic rings. The molecule has 31 heavy (non-hydrogen) atoms. The zero-order valence-electron chi connectivity index (χ0n) is 17.4. The molecule has 0 saturated heterocycles. The molecular weight excluding hydrogens is 466 g/mol. The van der Waals surface area contributed by atoms with Gasteiger partial charge in [-0.15, -0.1) is 0 Å². The summed E-state index contributed by atoms with van der Waals surface area (Å²) in [5, 5.41) is 6.71. The Labute approximate surface area is 189 Å². The maximum absolute atomic E-state index is 12.5. The lowest BCUT2D eigenvalue weighted by Gasteiger charge is -2.20. The Bertz CT molecular complexity index is 947. The summed E-state index contributed by atoms with van der Waals surface area (Å²) in [6, 6.07) is 13.0. The van der Waals surface area contributed by atoms with Crippen LogP contribution in [0.1, 0.15) is 29.8 Å². The lowest BCUT2D eigenvalue weighted by atomic mass is 10.0. The van der Waals surface area contributed by atoms with E-state index in [4.69, 9.17) is 4.74 Å².